The zero-order valence-electron chi connectivity index (χ0n) is 11.4. The van der Waals surface area contributed by atoms with E-state index in [1.807, 2.05) is 38.1 Å². The van der Waals surface area contributed by atoms with Crippen LogP contribution in [-0.2, 0) is 10.2 Å². The summed E-state index contributed by atoms with van der Waals surface area (Å²) in [4.78, 5) is 11.3. The number of carbonyl (C=O) groups is 1. The van der Waals surface area contributed by atoms with Crippen LogP contribution < -0.4 is 0 Å². The summed E-state index contributed by atoms with van der Waals surface area (Å²) in [6.45, 7) is 4.06. The number of carboxylic acids is 1. The predicted octanol–water partition coefficient (Wildman–Crippen LogP) is 1.90. The molecular weight excluding hydrogens is 256 g/mol. The Kier molecular flexibility index (Phi) is 2.81. The van der Waals surface area contributed by atoms with E-state index in [1.165, 1.54) is 0 Å². The zero-order valence-corrected chi connectivity index (χ0v) is 11.4. The molecule has 0 atom stereocenters. The van der Waals surface area contributed by atoms with Gasteiger partial charge in [-0.1, -0.05) is 26.0 Å². The molecule has 0 spiro atoms. The van der Waals surface area contributed by atoms with E-state index in [0.717, 1.165) is 17.1 Å². The highest BCUT2D eigenvalue weighted by molar-refractivity contribution is 5.84. The molecule has 1 aliphatic rings. The van der Waals surface area contributed by atoms with Gasteiger partial charge < -0.3 is 5.11 Å². The van der Waals surface area contributed by atoms with Crippen LogP contribution in [0.25, 0.3) is 5.69 Å². The topological polar surface area (TPSA) is 80.9 Å². The third-order valence-corrected chi connectivity index (χ3v) is 3.83. The van der Waals surface area contributed by atoms with Crippen molar-refractivity contribution >= 4 is 5.97 Å². The maximum atomic E-state index is 11.3. The molecule has 1 aliphatic carbocycles. The number of hydrogen-bond acceptors (Lipinski definition) is 4. The molecule has 1 aromatic carbocycles. The predicted molar refractivity (Wildman–Crippen MR) is 71.8 cm³/mol. The number of hydrogen-bond donors (Lipinski definition) is 1. The largest absolute Gasteiger partial charge is 0.481 e. The third-order valence-electron chi connectivity index (χ3n) is 3.83. The highest BCUT2D eigenvalue weighted by Crippen LogP contribution is 2.48. The number of rotatable bonds is 4. The molecule has 0 bridgehead atoms. The fourth-order valence-corrected chi connectivity index (χ4v) is 2.41. The molecule has 1 fully saturated rings. The van der Waals surface area contributed by atoms with Gasteiger partial charge in [-0.15, -0.1) is 5.10 Å². The lowest BCUT2D eigenvalue weighted by molar-refractivity contribution is -0.140. The van der Waals surface area contributed by atoms with Crippen LogP contribution >= 0.6 is 0 Å². The van der Waals surface area contributed by atoms with Crippen molar-refractivity contribution in [2.45, 2.75) is 38.0 Å². The van der Waals surface area contributed by atoms with E-state index in [-0.39, 0.29) is 5.92 Å². The fourth-order valence-electron chi connectivity index (χ4n) is 2.41. The molecule has 104 valence electrons. The molecule has 20 heavy (non-hydrogen) atoms. The van der Waals surface area contributed by atoms with Gasteiger partial charge >= 0.3 is 5.97 Å². The summed E-state index contributed by atoms with van der Waals surface area (Å²) >= 11 is 0. The molecular formula is C14H16N4O2. The summed E-state index contributed by atoms with van der Waals surface area (Å²) in [5, 5.41) is 21.0. The van der Waals surface area contributed by atoms with Crippen LogP contribution in [0.3, 0.4) is 0 Å². The molecule has 3 rings (SSSR count). The van der Waals surface area contributed by atoms with Gasteiger partial charge in [0.15, 0.2) is 5.82 Å². The Balaban J connectivity index is 1.94. The Labute approximate surface area is 116 Å². The number of nitrogens with zero attached hydrogens (tertiary/aromatic N) is 4. The van der Waals surface area contributed by atoms with E-state index in [2.05, 4.69) is 15.5 Å². The maximum Gasteiger partial charge on any atom is 0.314 e. The summed E-state index contributed by atoms with van der Waals surface area (Å²) in [6, 6.07) is 7.48. The van der Waals surface area contributed by atoms with Gasteiger partial charge in [0.25, 0.3) is 0 Å². The Morgan fingerprint density at radius 1 is 1.30 bits per heavy atom. The van der Waals surface area contributed by atoms with E-state index < -0.39 is 11.4 Å². The van der Waals surface area contributed by atoms with Gasteiger partial charge in [0.05, 0.1) is 11.1 Å². The number of carboxylic acid groups (broad SMARTS) is 1. The molecule has 0 aliphatic heterocycles. The van der Waals surface area contributed by atoms with Crippen LogP contribution in [0.1, 0.15) is 44.0 Å². The first-order valence-corrected chi connectivity index (χ1v) is 6.67. The maximum absolute atomic E-state index is 11.3. The van der Waals surface area contributed by atoms with Gasteiger partial charge in [-0.3, -0.25) is 4.79 Å². The summed E-state index contributed by atoms with van der Waals surface area (Å²) in [5.41, 5.74) is 1.04. The number of tetrazole rings is 1. The van der Waals surface area contributed by atoms with Crippen molar-refractivity contribution in [3.63, 3.8) is 0 Å². The molecule has 0 unspecified atom stereocenters. The summed E-state index contributed by atoms with van der Waals surface area (Å²) in [5.74, 6) is 0.270. The van der Waals surface area contributed by atoms with Gasteiger partial charge in [-0.05, 0) is 41.0 Å². The van der Waals surface area contributed by atoms with E-state index in [1.54, 1.807) is 4.68 Å². The summed E-state index contributed by atoms with van der Waals surface area (Å²) in [6.07, 6.45) is 1.42. The SMILES string of the molecule is CC(C)c1nnnn1-c1ccc(C2(C(=O)O)CC2)cc1. The van der Waals surface area contributed by atoms with E-state index in [9.17, 15) is 9.90 Å². The number of aromatic nitrogens is 4. The minimum Gasteiger partial charge on any atom is -0.481 e. The minimum atomic E-state index is -0.740. The minimum absolute atomic E-state index is 0.221. The smallest absolute Gasteiger partial charge is 0.314 e. The normalized spacial score (nSPS) is 16.4. The Morgan fingerprint density at radius 3 is 2.45 bits per heavy atom. The van der Waals surface area contributed by atoms with Gasteiger partial charge in [-0.25, -0.2) is 0 Å². The van der Waals surface area contributed by atoms with Gasteiger partial charge in [-0.2, -0.15) is 4.68 Å². The summed E-state index contributed by atoms with van der Waals surface area (Å²) < 4.78 is 1.69. The van der Waals surface area contributed by atoms with Crippen molar-refractivity contribution in [1.82, 2.24) is 20.2 Å². The van der Waals surface area contributed by atoms with Crippen molar-refractivity contribution in [2.75, 3.05) is 0 Å². The molecule has 6 nitrogen and oxygen atoms in total. The average Bonchev–Trinajstić information content (AvgIpc) is 3.09. The van der Waals surface area contributed by atoms with Crippen molar-refractivity contribution in [3.05, 3.63) is 35.7 Å². The lowest BCUT2D eigenvalue weighted by Crippen LogP contribution is -2.19. The van der Waals surface area contributed by atoms with Crippen molar-refractivity contribution in [3.8, 4) is 5.69 Å². The standard InChI is InChI=1S/C14H16N4O2/c1-9(2)12-15-16-17-18(12)11-5-3-10(4-6-11)14(7-8-14)13(19)20/h3-6,9H,7-8H2,1-2H3,(H,19,20). The van der Waals surface area contributed by atoms with Crippen molar-refractivity contribution in [1.29, 1.82) is 0 Å². The van der Waals surface area contributed by atoms with Crippen LogP contribution in [-0.4, -0.2) is 31.3 Å². The lowest BCUT2D eigenvalue weighted by atomic mass is 9.96. The Morgan fingerprint density at radius 2 is 1.95 bits per heavy atom. The molecule has 1 N–H and O–H groups in total. The molecule has 0 amide bonds. The first kappa shape index (κ1) is 12.8. The molecule has 0 saturated heterocycles. The fraction of sp³-hybridized carbons (Fsp3) is 0.429. The van der Waals surface area contributed by atoms with Crippen LogP contribution in [0.15, 0.2) is 24.3 Å². The second kappa shape index (κ2) is 4.40. The molecule has 2 aromatic rings. The lowest BCUT2D eigenvalue weighted by Gasteiger charge is -2.11. The summed E-state index contributed by atoms with van der Waals surface area (Å²) in [7, 11) is 0. The van der Waals surface area contributed by atoms with Crippen LogP contribution in [0.5, 0.6) is 0 Å². The molecule has 1 heterocycles. The Bertz CT molecular complexity index is 641. The quantitative estimate of drug-likeness (QED) is 0.919. The number of benzene rings is 1. The molecule has 0 radical (unpaired) electrons. The first-order chi connectivity index (χ1) is 9.54. The van der Waals surface area contributed by atoms with E-state index in [4.69, 9.17) is 0 Å². The molecule has 6 heteroatoms. The van der Waals surface area contributed by atoms with E-state index in [0.29, 0.717) is 12.8 Å². The van der Waals surface area contributed by atoms with Crippen molar-refractivity contribution < 1.29 is 9.90 Å². The van der Waals surface area contributed by atoms with Crippen LogP contribution in [0.4, 0.5) is 0 Å². The third kappa shape index (κ3) is 1.88. The first-order valence-electron chi connectivity index (χ1n) is 6.67. The Hall–Kier alpha value is -2.24. The van der Waals surface area contributed by atoms with Gasteiger partial charge in [0.1, 0.15) is 0 Å². The zero-order chi connectivity index (χ0) is 14.3. The van der Waals surface area contributed by atoms with E-state index >= 15 is 0 Å². The van der Waals surface area contributed by atoms with Gasteiger partial charge in [0.2, 0.25) is 0 Å². The molecule has 1 saturated carbocycles. The monoisotopic (exact) mass is 272 g/mol. The highest BCUT2D eigenvalue weighted by Gasteiger charge is 2.51. The van der Waals surface area contributed by atoms with Crippen LogP contribution in [0.2, 0.25) is 0 Å². The average molecular weight is 272 g/mol. The molecule has 1 aromatic heterocycles. The second-order valence-corrected chi connectivity index (χ2v) is 5.54. The second-order valence-electron chi connectivity index (χ2n) is 5.54. The van der Waals surface area contributed by atoms with Gasteiger partial charge in [0, 0.05) is 5.92 Å². The van der Waals surface area contributed by atoms with Crippen LogP contribution in [0, 0.1) is 0 Å². The number of aliphatic carboxylic acids is 1. The van der Waals surface area contributed by atoms with Crippen molar-refractivity contribution in [2.24, 2.45) is 0 Å². The highest BCUT2D eigenvalue weighted by atomic mass is 16.4.